The van der Waals surface area contributed by atoms with Crippen molar-refractivity contribution < 1.29 is 33.4 Å². The highest BCUT2D eigenvalue weighted by atomic mass is 16.5. The van der Waals surface area contributed by atoms with Crippen molar-refractivity contribution in [3.63, 3.8) is 0 Å². The molecule has 1 saturated heterocycles. The molecule has 6 bridgehead atoms. The number of methoxy groups -OCH3 is 2. The highest BCUT2D eigenvalue weighted by Crippen LogP contribution is 2.41. The molecule has 3 atom stereocenters. The second-order valence-corrected chi connectivity index (χ2v) is 20.2. The molecule has 0 radical (unpaired) electrons. The molecule has 5 aromatic rings. The first kappa shape index (κ1) is 51.2. The zero-order valence-electron chi connectivity index (χ0n) is 42.3. The highest BCUT2D eigenvalue weighted by molar-refractivity contribution is 5.96. The topological polar surface area (TPSA) is 169 Å². The Morgan fingerprint density at radius 3 is 2.53 bits per heavy atom. The monoisotopic (exact) mass is 953 g/mol. The first-order valence-electron chi connectivity index (χ1n) is 24.2. The summed E-state index contributed by atoms with van der Waals surface area (Å²) < 4.78 is 19.3. The Hall–Kier alpha value is -6.67. The second-order valence-electron chi connectivity index (χ2n) is 20.2. The Bertz CT molecular complexity index is 2770. The molecule has 1 unspecified atom stereocenters. The minimum atomic E-state index is -1.06. The second kappa shape index (κ2) is 22.0. The molecule has 0 spiro atoms. The Morgan fingerprint density at radius 1 is 1.06 bits per heavy atom. The molecule has 15 nitrogen and oxygen atoms in total. The minimum Gasteiger partial charge on any atom is -0.497 e. The Labute approximate surface area is 411 Å². The summed E-state index contributed by atoms with van der Waals surface area (Å²) in [6, 6.07) is 23.6. The summed E-state index contributed by atoms with van der Waals surface area (Å²) in [6.45, 7) is 15.3. The number of nitrogens with zero attached hydrogens (tertiary/aromatic N) is 6. The molecule has 2 aromatic heterocycles. The smallest absolute Gasteiger partial charge is 0.324 e. The maximum absolute atomic E-state index is 14.8. The minimum absolute atomic E-state index is 0.0251. The van der Waals surface area contributed by atoms with Gasteiger partial charge in [0.15, 0.2) is 0 Å². The highest BCUT2D eigenvalue weighted by Gasteiger charge is 2.38. The normalized spacial score (nSPS) is 17.8. The number of rotatable bonds is 13. The molecule has 2 N–H and O–H groups in total. The zero-order chi connectivity index (χ0) is 50.3. The fraction of sp³-hybridized carbons (Fsp3) is 0.455. The standard InChI is InChI=1S/C55H68N8O7/c1-11-62-47-22-17-38-28-42(47)43(50(62)44-31-56-24-23-39(44)32-68-9)29-54(4,5)33-70-53(67)45-16-13-25-63(60-45)52(66)46(27-36-14-12-15-37(38)26-36)59-51(65)49(35(2)3)61(8)48(64)30-55(6,7)58-34-57-40-18-20-41(69-10)21-19-40/h12,14-15,17-24,26,28,31,35,45-46,49,60H,11,13,16,25,27,29-30,32-33H2,1-10H3,(H,59,65)/t45-,46-,49?/m0/s1. The Morgan fingerprint density at radius 2 is 1.81 bits per heavy atom. The summed E-state index contributed by atoms with van der Waals surface area (Å²) in [5.74, 6) is -1.25. The van der Waals surface area contributed by atoms with Gasteiger partial charge in [0, 0.05) is 67.9 Å². The van der Waals surface area contributed by atoms with Crippen LogP contribution in [-0.2, 0) is 54.6 Å². The van der Waals surface area contributed by atoms with Crippen LogP contribution >= 0.6 is 0 Å². The SMILES string of the molecule is CCn1c(-c2cnccc2COC)c2c3cc(ccc31)-c1cccc(c1)C[C@H](NC(=O)C(C(C)C)N(C)C(=O)CC(C)(C)N=C=Nc1ccc(OC)cc1)C(=O)N1CCC[C@H](N1)C(=O)OCC(C)(C)C2. The number of hydrogen-bond acceptors (Lipinski definition) is 11. The number of benzene rings is 3. The molecule has 7 rings (SSSR count). The number of fused-ring (bicyclic) bond motifs is 6. The van der Waals surface area contributed by atoms with Gasteiger partial charge >= 0.3 is 5.97 Å². The van der Waals surface area contributed by atoms with Crippen molar-refractivity contribution in [3.05, 3.63) is 102 Å². The van der Waals surface area contributed by atoms with Crippen LogP contribution in [0.3, 0.4) is 0 Å². The van der Waals surface area contributed by atoms with E-state index in [1.54, 1.807) is 65.6 Å². The average Bonchev–Trinajstić information content (AvgIpc) is 3.64. The number of esters is 1. The molecule has 15 heteroatoms. The summed E-state index contributed by atoms with van der Waals surface area (Å²) >= 11 is 0. The molecule has 0 aliphatic carbocycles. The average molecular weight is 953 g/mol. The third-order valence-corrected chi connectivity index (χ3v) is 13.2. The van der Waals surface area contributed by atoms with Crippen LogP contribution in [0.5, 0.6) is 5.75 Å². The van der Waals surface area contributed by atoms with Crippen molar-refractivity contribution in [3.8, 4) is 28.1 Å². The molecule has 3 amide bonds. The Balaban J connectivity index is 1.23. The number of carbonyl (C=O) groups is 4. The number of hydrogen-bond donors (Lipinski definition) is 2. The molecule has 2 aliphatic heterocycles. The lowest BCUT2D eigenvalue weighted by molar-refractivity contribution is -0.155. The fourth-order valence-electron chi connectivity index (χ4n) is 9.60. The van der Waals surface area contributed by atoms with Gasteiger partial charge in [-0.25, -0.2) is 10.4 Å². The van der Waals surface area contributed by atoms with Crippen LogP contribution in [0.1, 0.15) is 84.4 Å². The van der Waals surface area contributed by atoms with Gasteiger partial charge in [-0.15, -0.1) is 0 Å². The van der Waals surface area contributed by atoms with E-state index in [1.165, 1.54) is 9.91 Å². The lowest BCUT2D eigenvalue weighted by Gasteiger charge is -2.37. The lowest BCUT2D eigenvalue weighted by atomic mass is 9.84. The van der Waals surface area contributed by atoms with Crippen molar-refractivity contribution in [1.29, 1.82) is 0 Å². The predicted molar refractivity (Wildman–Crippen MR) is 272 cm³/mol. The molecule has 3 aromatic carbocycles. The molecule has 2 aliphatic rings. The molecule has 70 heavy (non-hydrogen) atoms. The number of hydrazine groups is 1. The number of ether oxygens (including phenoxy) is 3. The Kier molecular flexibility index (Phi) is 16.1. The third kappa shape index (κ3) is 11.8. The van der Waals surface area contributed by atoms with Gasteiger partial charge in [-0.3, -0.25) is 29.2 Å². The number of amides is 3. The predicted octanol–water partition coefficient (Wildman–Crippen LogP) is 8.35. The van der Waals surface area contributed by atoms with E-state index in [0.717, 1.165) is 50.0 Å². The maximum atomic E-state index is 14.8. The molecule has 1 fully saturated rings. The first-order chi connectivity index (χ1) is 33.4. The third-order valence-electron chi connectivity index (χ3n) is 13.2. The summed E-state index contributed by atoms with van der Waals surface area (Å²) in [4.78, 5) is 72.0. The number of cyclic esters (lactones) is 1. The van der Waals surface area contributed by atoms with Crippen LogP contribution in [-0.4, -0.2) is 107 Å². The number of likely N-dealkylation sites (N-methyl/N-ethyl adjacent to an activating group) is 1. The van der Waals surface area contributed by atoms with Crippen LogP contribution in [0.2, 0.25) is 0 Å². The van der Waals surface area contributed by atoms with Gasteiger partial charge in [0.25, 0.3) is 5.91 Å². The van der Waals surface area contributed by atoms with Gasteiger partial charge in [0.05, 0.1) is 49.7 Å². The molecule has 370 valence electrons. The van der Waals surface area contributed by atoms with E-state index < -0.39 is 46.9 Å². The summed E-state index contributed by atoms with van der Waals surface area (Å²) in [5, 5.41) is 5.59. The molecular weight excluding hydrogens is 885 g/mol. The zero-order valence-corrected chi connectivity index (χ0v) is 42.3. The van der Waals surface area contributed by atoms with E-state index in [1.807, 2.05) is 38.2 Å². The van der Waals surface area contributed by atoms with Gasteiger partial charge in [0.2, 0.25) is 11.8 Å². The van der Waals surface area contributed by atoms with Crippen LogP contribution in [0.25, 0.3) is 33.3 Å². The van der Waals surface area contributed by atoms with E-state index in [9.17, 15) is 19.2 Å². The quantitative estimate of drug-likeness (QED) is 0.0871. The van der Waals surface area contributed by atoms with E-state index in [0.29, 0.717) is 50.4 Å². The van der Waals surface area contributed by atoms with Crippen LogP contribution in [0.4, 0.5) is 5.69 Å². The van der Waals surface area contributed by atoms with E-state index in [-0.39, 0.29) is 31.3 Å². The first-order valence-corrected chi connectivity index (χ1v) is 24.2. The largest absolute Gasteiger partial charge is 0.497 e. The van der Waals surface area contributed by atoms with Crippen molar-refractivity contribution in [2.45, 2.75) is 117 Å². The van der Waals surface area contributed by atoms with Crippen molar-refractivity contribution in [1.82, 2.24) is 30.2 Å². The molecule has 0 saturated carbocycles. The number of pyridine rings is 1. The van der Waals surface area contributed by atoms with Crippen LogP contribution in [0, 0.1) is 11.3 Å². The summed E-state index contributed by atoms with van der Waals surface area (Å²) in [5.41, 5.74) is 10.4. The molecular formula is C55H68N8O7. The van der Waals surface area contributed by atoms with Gasteiger partial charge in [-0.2, -0.15) is 4.99 Å². The lowest BCUT2D eigenvalue weighted by Crippen LogP contribution is -2.62. The van der Waals surface area contributed by atoms with E-state index in [4.69, 9.17) is 14.2 Å². The maximum Gasteiger partial charge on any atom is 0.324 e. The number of aliphatic imine (C=N–C) groups is 2. The van der Waals surface area contributed by atoms with Crippen LogP contribution < -0.4 is 15.5 Å². The van der Waals surface area contributed by atoms with Crippen molar-refractivity contribution in [2.24, 2.45) is 21.3 Å². The fourth-order valence-corrected chi connectivity index (χ4v) is 9.60. The summed E-state index contributed by atoms with van der Waals surface area (Å²) in [7, 11) is 4.89. The number of nitrogens with one attached hydrogen (secondary N) is 2. The van der Waals surface area contributed by atoms with E-state index >= 15 is 0 Å². The van der Waals surface area contributed by atoms with Gasteiger partial charge in [0.1, 0.15) is 23.9 Å². The summed E-state index contributed by atoms with van der Waals surface area (Å²) in [6.07, 6.45) is 5.42. The van der Waals surface area contributed by atoms with Crippen molar-refractivity contribution >= 4 is 46.3 Å². The number of carbonyl (C=O) groups excluding carboxylic acids is 4. The van der Waals surface area contributed by atoms with Gasteiger partial charge < -0.3 is 29.0 Å². The van der Waals surface area contributed by atoms with Gasteiger partial charge in [-0.1, -0.05) is 58.0 Å². The van der Waals surface area contributed by atoms with Gasteiger partial charge in [-0.05, 0) is 116 Å². The van der Waals surface area contributed by atoms with Crippen LogP contribution in [0.15, 0.2) is 95.2 Å². The molecule has 4 heterocycles. The number of aryl methyl sites for hydroxylation is 1. The van der Waals surface area contributed by atoms with E-state index in [2.05, 4.69) is 87.4 Å². The van der Waals surface area contributed by atoms with Crippen molar-refractivity contribution in [2.75, 3.05) is 34.4 Å². The number of aromatic nitrogens is 2.